The molecular formula is C23H25ClN4O2. The quantitative estimate of drug-likeness (QED) is 0.416. The molecule has 0 saturated heterocycles. The Morgan fingerprint density at radius 2 is 2.00 bits per heavy atom. The molecule has 1 aliphatic rings. The summed E-state index contributed by atoms with van der Waals surface area (Å²) in [6.07, 6.45) is 5.37. The highest BCUT2D eigenvalue weighted by atomic mass is 35.5. The summed E-state index contributed by atoms with van der Waals surface area (Å²) < 4.78 is 1.76. The highest BCUT2D eigenvalue weighted by Crippen LogP contribution is 2.34. The third kappa shape index (κ3) is 4.19. The summed E-state index contributed by atoms with van der Waals surface area (Å²) in [6.45, 7) is 4.75. The number of benzene rings is 2. The van der Waals surface area contributed by atoms with E-state index in [4.69, 9.17) is 11.6 Å². The van der Waals surface area contributed by atoms with Crippen LogP contribution in [0.1, 0.15) is 34.9 Å². The third-order valence-electron chi connectivity index (χ3n) is 5.62. The smallest absolute Gasteiger partial charge is 0.189 e. The summed E-state index contributed by atoms with van der Waals surface area (Å²) in [5.74, 6) is 0.243. The maximum absolute atomic E-state index is 11.6. The average Bonchev–Trinajstić information content (AvgIpc) is 3.30. The minimum absolute atomic E-state index is 0.243. The van der Waals surface area contributed by atoms with E-state index < -0.39 is 5.23 Å². The Bertz CT molecular complexity index is 1080. The first kappa shape index (κ1) is 20.8. The van der Waals surface area contributed by atoms with Gasteiger partial charge in [-0.05, 0) is 44.0 Å². The zero-order valence-corrected chi connectivity index (χ0v) is 17.7. The van der Waals surface area contributed by atoms with Crippen molar-refractivity contribution in [3.05, 3.63) is 93.4 Å². The Morgan fingerprint density at radius 1 is 1.20 bits per heavy atom. The van der Waals surface area contributed by atoms with Gasteiger partial charge in [-0.1, -0.05) is 48.0 Å². The maximum atomic E-state index is 11.6. The molecule has 0 radical (unpaired) electrons. The number of aromatic nitrogens is 2. The van der Waals surface area contributed by atoms with E-state index in [9.17, 15) is 10.4 Å². The molecule has 30 heavy (non-hydrogen) atoms. The Hall–Kier alpha value is -2.48. The van der Waals surface area contributed by atoms with Crippen molar-refractivity contribution < 1.29 is 10.4 Å². The van der Waals surface area contributed by atoms with Gasteiger partial charge in [0.05, 0.1) is 5.69 Å². The molecule has 1 heterocycles. The lowest BCUT2D eigenvalue weighted by Crippen LogP contribution is -2.99. The highest BCUT2D eigenvalue weighted by molar-refractivity contribution is 6.30. The fourth-order valence-corrected chi connectivity index (χ4v) is 4.44. The summed E-state index contributed by atoms with van der Waals surface area (Å²) in [7, 11) is 0. The van der Waals surface area contributed by atoms with Gasteiger partial charge in [0.1, 0.15) is 5.69 Å². The van der Waals surface area contributed by atoms with Crippen LogP contribution in [0.4, 0.5) is 5.69 Å². The molecule has 6 nitrogen and oxygen atoms in total. The molecule has 7 heteroatoms. The predicted octanol–water partition coefficient (Wildman–Crippen LogP) is 3.75. The molecule has 0 amide bonds. The van der Waals surface area contributed by atoms with E-state index in [1.807, 2.05) is 38.1 Å². The fraction of sp³-hybridized carbons (Fsp3) is 0.261. The number of nitrogens with one attached hydrogen (secondary N) is 2. The second-order valence-electron chi connectivity index (χ2n) is 7.66. The van der Waals surface area contributed by atoms with Crippen LogP contribution in [0.3, 0.4) is 0 Å². The molecule has 3 aromatic rings. The first-order valence-corrected chi connectivity index (χ1v) is 10.4. The Labute approximate surface area is 180 Å². The van der Waals surface area contributed by atoms with Gasteiger partial charge in [-0.25, -0.2) is 9.89 Å². The molecule has 0 spiro atoms. The molecule has 2 aromatic carbocycles. The van der Waals surface area contributed by atoms with Crippen LogP contribution in [0.2, 0.25) is 5.02 Å². The molecule has 0 saturated carbocycles. The largest absolute Gasteiger partial charge is 0.595 e. The van der Waals surface area contributed by atoms with E-state index in [-0.39, 0.29) is 17.6 Å². The van der Waals surface area contributed by atoms with Crippen LogP contribution in [0.5, 0.6) is 0 Å². The molecule has 1 aliphatic carbocycles. The van der Waals surface area contributed by atoms with Crippen LogP contribution in [0.25, 0.3) is 5.69 Å². The van der Waals surface area contributed by atoms with Gasteiger partial charge < -0.3 is 10.5 Å². The molecule has 4 rings (SSSR count). The Kier molecular flexibility index (Phi) is 6.04. The number of rotatable bonds is 6. The number of allylic oxidation sites excluding steroid dienone is 1. The van der Waals surface area contributed by atoms with E-state index in [1.54, 1.807) is 22.9 Å². The molecule has 0 fully saturated rings. The van der Waals surface area contributed by atoms with Crippen molar-refractivity contribution in [2.45, 2.75) is 38.8 Å². The molecule has 0 bridgehead atoms. The second-order valence-corrected chi connectivity index (χ2v) is 8.10. The lowest BCUT2D eigenvalue weighted by molar-refractivity contribution is -0.991. The number of hydrogen-bond donors (Lipinski definition) is 3. The summed E-state index contributed by atoms with van der Waals surface area (Å²) in [5, 5.41) is 29.2. The Morgan fingerprint density at radius 3 is 2.77 bits per heavy atom. The molecular weight excluding hydrogens is 400 g/mol. The first-order chi connectivity index (χ1) is 14.4. The normalized spacial score (nSPS) is 19.4. The Balaban J connectivity index is 1.52. The van der Waals surface area contributed by atoms with Gasteiger partial charge in [0.2, 0.25) is 0 Å². The number of para-hydroxylation sites is 2. The van der Waals surface area contributed by atoms with Crippen molar-refractivity contribution >= 4 is 17.3 Å². The van der Waals surface area contributed by atoms with Gasteiger partial charge in [-0.15, -0.1) is 0 Å². The van der Waals surface area contributed by atoms with Crippen molar-refractivity contribution in [1.29, 1.82) is 0 Å². The SMILES string of the molecule is Cc1nn(-c2ccccc2[NH+]([O-])O)c(C)c1C1C=CC(NCc2cccc(Cl)c2)C1. The van der Waals surface area contributed by atoms with Crippen LogP contribution in [0.15, 0.2) is 60.7 Å². The number of hydrogen-bond acceptors (Lipinski definition) is 4. The van der Waals surface area contributed by atoms with E-state index in [1.165, 1.54) is 5.56 Å². The third-order valence-corrected chi connectivity index (χ3v) is 5.86. The molecule has 156 valence electrons. The summed E-state index contributed by atoms with van der Waals surface area (Å²) in [4.78, 5) is 0. The van der Waals surface area contributed by atoms with Crippen molar-refractivity contribution in [2.24, 2.45) is 0 Å². The molecule has 3 atom stereocenters. The number of quaternary nitrogens is 1. The standard InChI is InChI=1S/C23H25ClN4O2/c1-15-23(16(2)27(26-15)21-8-3-4-9-22(21)28(29)30)18-10-11-20(13-18)25-14-17-6-5-7-19(24)12-17/h3-12,18,20,25,28-29H,13-14H2,1-2H3. The molecule has 3 unspecified atom stereocenters. The number of nitrogens with zero attached hydrogens (tertiary/aromatic N) is 2. The minimum atomic E-state index is -0.953. The minimum Gasteiger partial charge on any atom is -0.595 e. The zero-order valence-electron chi connectivity index (χ0n) is 17.0. The molecule has 0 aliphatic heterocycles. The van der Waals surface area contributed by atoms with Crippen LogP contribution in [0, 0.1) is 19.1 Å². The van der Waals surface area contributed by atoms with Crippen molar-refractivity contribution in [1.82, 2.24) is 15.1 Å². The van der Waals surface area contributed by atoms with Crippen LogP contribution >= 0.6 is 11.6 Å². The van der Waals surface area contributed by atoms with Gasteiger partial charge >= 0.3 is 0 Å². The van der Waals surface area contributed by atoms with Gasteiger partial charge in [-0.3, -0.25) is 0 Å². The predicted molar refractivity (Wildman–Crippen MR) is 117 cm³/mol. The summed E-state index contributed by atoms with van der Waals surface area (Å²) in [5.41, 5.74) is 5.07. The van der Waals surface area contributed by atoms with E-state index in [0.29, 0.717) is 5.69 Å². The van der Waals surface area contributed by atoms with Crippen LogP contribution in [-0.4, -0.2) is 21.0 Å². The second kappa shape index (κ2) is 8.71. The topological polar surface area (TPSA) is 77.6 Å². The summed E-state index contributed by atoms with van der Waals surface area (Å²) >= 11 is 6.07. The van der Waals surface area contributed by atoms with E-state index >= 15 is 0 Å². The van der Waals surface area contributed by atoms with Crippen LogP contribution < -0.4 is 10.5 Å². The van der Waals surface area contributed by atoms with Gasteiger partial charge in [0.15, 0.2) is 5.69 Å². The van der Waals surface area contributed by atoms with Crippen molar-refractivity contribution in [3.8, 4) is 5.69 Å². The first-order valence-electron chi connectivity index (χ1n) is 9.99. The number of halogens is 1. The monoisotopic (exact) mass is 424 g/mol. The van der Waals surface area contributed by atoms with E-state index in [2.05, 4.69) is 28.6 Å². The number of aryl methyl sites for hydroxylation is 1. The van der Waals surface area contributed by atoms with Crippen molar-refractivity contribution in [2.75, 3.05) is 0 Å². The van der Waals surface area contributed by atoms with Gasteiger partial charge in [0, 0.05) is 40.9 Å². The van der Waals surface area contributed by atoms with Crippen LogP contribution in [-0.2, 0) is 6.54 Å². The zero-order chi connectivity index (χ0) is 21.3. The average molecular weight is 425 g/mol. The lowest BCUT2D eigenvalue weighted by Gasteiger charge is -2.17. The van der Waals surface area contributed by atoms with E-state index in [0.717, 1.165) is 34.9 Å². The summed E-state index contributed by atoms with van der Waals surface area (Å²) in [6, 6.07) is 15.1. The molecule has 3 N–H and O–H groups in total. The lowest BCUT2D eigenvalue weighted by atomic mass is 9.96. The van der Waals surface area contributed by atoms with Crippen molar-refractivity contribution in [3.63, 3.8) is 0 Å². The van der Waals surface area contributed by atoms with Gasteiger partial charge in [-0.2, -0.15) is 10.3 Å². The highest BCUT2D eigenvalue weighted by Gasteiger charge is 2.27. The molecule has 1 aromatic heterocycles. The maximum Gasteiger partial charge on any atom is 0.189 e. The fourth-order valence-electron chi connectivity index (χ4n) is 4.23. The van der Waals surface area contributed by atoms with Gasteiger partial charge in [0.25, 0.3) is 0 Å².